The Balaban J connectivity index is 1.94. The maximum atomic E-state index is 13.4. The third-order valence-electron chi connectivity index (χ3n) is 4.83. The van der Waals surface area contributed by atoms with E-state index in [0.717, 1.165) is 9.87 Å². The molecule has 0 aromatic heterocycles. The number of halogens is 2. The second-order valence-corrected chi connectivity index (χ2v) is 9.88. The molecule has 0 saturated carbocycles. The Kier molecular flexibility index (Phi) is 7.38. The second kappa shape index (κ2) is 9.83. The lowest BCUT2D eigenvalue weighted by Crippen LogP contribution is -2.41. The number of hydrogen-bond acceptors (Lipinski definition) is 3. The third-order valence-corrected chi connectivity index (χ3v) is 7.38. The van der Waals surface area contributed by atoms with Crippen molar-refractivity contribution in [3.8, 4) is 0 Å². The minimum absolute atomic E-state index is 0.0263. The maximum absolute atomic E-state index is 13.4. The Labute approximate surface area is 192 Å². The molecule has 162 valence electrons. The van der Waals surface area contributed by atoms with Gasteiger partial charge in [-0.15, -0.1) is 0 Å². The molecule has 5 nitrogen and oxygen atoms in total. The molecule has 0 atom stereocenters. The van der Waals surface area contributed by atoms with Crippen LogP contribution in [0.1, 0.15) is 11.1 Å². The van der Waals surface area contributed by atoms with Crippen LogP contribution >= 0.6 is 23.2 Å². The summed E-state index contributed by atoms with van der Waals surface area (Å²) in [5.41, 5.74) is 2.24. The van der Waals surface area contributed by atoms with Crippen LogP contribution in [0, 0.1) is 6.92 Å². The molecule has 0 saturated heterocycles. The fraction of sp³-hybridized carbons (Fsp3) is 0.174. The van der Waals surface area contributed by atoms with Gasteiger partial charge in [-0.3, -0.25) is 4.79 Å². The van der Waals surface area contributed by atoms with Gasteiger partial charge in [0.2, 0.25) is 15.9 Å². The first-order chi connectivity index (χ1) is 14.7. The van der Waals surface area contributed by atoms with Crippen LogP contribution < -0.4 is 4.90 Å². The first-order valence-corrected chi connectivity index (χ1v) is 11.7. The maximum Gasteiger partial charge on any atom is 0.243 e. The lowest BCUT2D eigenvalue weighted by molar-refractivity contribution is -0.118. The van der Waals surface area contributed by atoms with E-state index in [2.05, 4.69) is 0 Å². The van der Waals surface area contributed by atoms with Crippen LogP contribution in [0.3, 0.4) is 0 Å². The van der Waals surface area contributed by atoms with Gasteiger partial charge in [-0.2, -0.15) is 4.31 Å². The van der Waals surface area contributed by atoms with E-state index >= 15 is 0 Å². The van der Waals surface area contributed by atoms with Crippen molar-refractivity contribution in [3.63, 3.8) is 0 Å². The third kappa shape index (κ3) is 5.66. The van der Waals surface area contributed by atoms with Crippen molar-refractivity contribution < 1.29 is 13.2 Å². The Morgan fingerprint density at radius 3 is 2.16 bits per heavy atom. The van der Waals surface area contributed by atoms with Crippen molar-refractivity contribution in [2.24, 2.45) is 0 Å². The fourth-order valence-corrected chi connectivity index (χ4v) is 4.68. The van der Waals surface area contributed by atoms with Crippen LogP contribution in [0.15, 0.2) is 77.7 Å². The van der Waals surface area contributed by atoms with Gasteiger partial charge >= 0.3 is 0 Å². The normalized spacial score (nSPS) is 11.5. The van der Waals surface area contributed by atoms with E-state index in [1.165, 1.54) is 17.0 Å². The lowest BCUT2D eigenvalue weighted by Gasteiger charge is -2.25. The topological polar surface area (TPSA) is 57.7 Å². The second-order valence-electron chi connectivity index (χ2n) is 7.12. The van der Waals surface area contributed by atoms with E-state index in [1.807, 2.05) is 25.1 Å². The summed E-state index contributed by atoms with van der Waals surface area (Å²) in [5, 5.41) is 0.692. The zero-order chi connectivity index (χ0) is 22.6. The Bertz CT molecular complexity index is 1170. The number of aryl methyl sites for hydroxylation is 1. The van der Waals surface area contributed by atoms with Gasteiger partial charge in [-0.05, 0) is 48.9 Å². The van der Waals surface area contributed by atoms with E-state index in [0.29, 0.717) is 21.3 Å². The summed E-state index contributed by atoms with van der Waals surface area (Å²) in [6, 6.07) is 20.5. The van der Waals surface area contributed by atoms with Crippen molar-refractivity contribution in [2.45, 2.75) is 18.4 Å². The van der Waals surface area contributed by atoms with Gasteiger partial charge in [-0.1, -0.05) is 65.2 Å². The van der Waals surface area contributed by atoms with Crippen molar-refractivity contribution in [3.05, 3.63) is 94.0 Å². The molecular formula is C23H22Cl2N2O3S. The number of rotatable bonds is 7. The molecule has 0 spiro atoms. The number of amides is 1. The molecule has 0 heterocycles. The first-order valence-electron chi connectivity index (χ1n) is 9.51. The van der Waals surface area contributed by atoms with Crippen LogP contribution in [0.5, 0.6) is 0 Å². The van der Waals surface area contributed by atoms with Crippen LogP contribution in [-0.2, 0) is 21.4 Å². The van der Waals surface area contributed by atoms with Gasteiger partial charge in [0.05, 0.1) is 21.5 Å². The molecule has 1 amide bonds. The van der Waals surface area contributed by atoms with Crippen molar-refractivity contribution >= 4 is 44.8 Å². The molecule has 0 N–H and O–H groups in total. The summed E-state index contributed by atoms with van der Waals surface area (Å²) in [7, 11) is -2.32. The largest absolute Gasteiger partial charge is 0.314 e. The fourth-order valence-electron chi connectivity index (χ4n) is 2.98. The van der Waals surface area contributed by atoms with Crippen molar-refractivity contribution in [2.75, 3.05) is 18.5 Å². The number of carbonyl (C=O) groups excluding carboxylic acids is 1. The molecule has 0 aliphatic heterocycles. The van der Waals surface area contributed by atoms with Crippen LogP contribution in [-0.4, -0.2) is 32.2 Å². The van der Waals surface area contributed by atoms with Crippen LogP contribution in [0.4, 0.5) is 5.69 Å². The molecule has 0 unspecified atom stereocenters. The molecule has 3 aromatic carbocycles. The Hall–Kier alpha value is -2.38. The zero-order valence-corrected chi connectivity index (χ0v) is 19.5. The summed E-state index contributed by atoms with van der Waals surface area (Å²) < 4.78 is 27.9. The van der Waals surface area contributed by atoms with Crippen molar-refractivity contribution in [1.29, 1.82) is 0 Å². The molecule has 0 radical (unpaired) electrons. The minimum Gasteiger partial charge on any atom is -0.314 e. The van der Waals surface area contributed by atoms with Gasteiger partial charge in [0.1, 0.15) is 0 Å². The highest BCUT2D eigenvalue weighted by molar-refractivity contribution is 7.89. The van der Waals surface area contributed by atoms with Crippen molar-refractivity contribution in [1.82, 2.24) is 4.31 Å². The number of nitrogens with zero attached hydrogens (tertiary/aromatic N) is 2. The number of carbonyl (C=O) groups is 1. The first kappa shape index (κ1) is 23.3. The highest BCUT2D eigenvalue weighted by Gasteiger charge is 2.28. The predicted molar refractivity (Wildman–Crippen MR) is 125 cm³/mol. The van der Waals surface area contributed by atoms with Gasteiger partial charge in [0, 0.05) is 19.3 Å². The number of para-hydroxylation sites is 1. The predicted octanol–water partition coefficient (Wildman–Crippen LogP) is 5.16. The highest BCUT2D eigenvalue weighted by Crippen LogP contribution is 2.25. The molecule has 0 fully saturated rings. The van der Waals surface area contributed by atoms with E-state index < -0.39 is 10.0 Å². The standard InChI is InChI=1S/C23H22Cl2N2O3S/c1-17-8-11-20(12-9-17)31(29,30)27(15-18-10-13-21(24)22(25)14-18)16-23(28)26(2)19-6-4-3-5-7-19/h3-14H,15-16H2,1-2H3. The Morgan fingerprint density at radius 2 is 1.55 bits per heavy atom. The van der Waals surface area contributed by atoms with E-state index in [-0.39, 0.29) is 23.9 Å². The summed E-state index contributed by atoms with van der Waals surface area (Å²) in [6.07, 6.45) is 0. The monoisotopic (exact) mass is 476 g/mol. The molecule has 0 aliphatic rings. The van der Waals surface area contributed by atoms with Gasteiger partial charge in [0.15, 0.2) is 0 Å². The molecule has 0 bridgehead atoms. The summed E-state index contributed by atoms with van der Waals surface area (Å²) in [6.45, 7) is 1.52. The van der Waals surface area contributed by atoms with Gasteiger partial charge < -0.3 is 4.90 Å². The highest BCUT2D eigenvalue weighted by atomic mass is 35.5. The molecule has 31 heavy (non-hydrogen) atoms. The van der Waals surface area contributed by atoms with E-state index in [4.69, 9.17) is 23.2 Å². The minimum atomic E-state index is -3.94. The molecule has 0 aliphatic carbocycles. The van der Waals surface area contributed by atoms with Gasteiger partial charge in [-0.25, -0.2) is 8.42 Å². The Morgan fingerprint density at radius 1 is 0.903 bits per heavy atom. The SMILES string of the molecule is Cc1ccc(S(=O)(=O)N(CC(=O)N(C)c2ccccc2)Cc2ccc(Cl)c(Cl)c2)cc1. The molecule has 3 rings (SSSR count). The average Bonchev–Trinajstić information content (AvgIpc) is 2.76. The number of likely N-dealkylation sites (N-methyl/N-ethyl adjacent to an activating group) is 1. The van der Waals surface area contributed by atoms with Gasteiger partial charge in [0.25, 0.3) is 0 Å². The molecular weight excluding hydrogens is 455 g/mol. The quantitative estimate of drug-likeness (QED) is 0.473. The number of benzene rings is 3. The van der Waals surface area contributed by atoms with E-state index in [1.54, 1.807) is 49.5 Å². The smallest absolute Gasteiger partial charge is 0.243 e. The lowest BCUT2D eigenvalue weighted by atomic mass is 10.2. The van der Waals surface area contributed by atoms with Crippen LogP contribution in [0.25, 0.3) is 0 Å². The number of hydrogen-bond donors (Lipinski definition) is 0. The molecule has 8 heteroatoms. The summed E-state index contributed by atoms with van der Waals surface area (Å²) in [4.78, 5) is 14.5. The summed E-state index contributed by atoms with van der Waals surface area (Å²) >= 11 is 12.1. The van der Waals surface area contributed by atoms with Crippen LogP contribution in [0.2, 0.25) is 10.0 Å². The number of sulfonamides is 1. The zero-order valence-electron chi connectivity index (χ0n) is 17.1. The average molecular weight is 477 g/mol. The summed E-state index contributed by atoms with van der Waals surface area (Å²) in [5.74, 6) is -0.359. The molecule has 3 aromatic rings. The number of anilines is 1. The van der Waals surface area contributed by atoms with E-state index in [9.17, 15) is 13.2 Å².